The highest BCUT2D eigenvalue weighted by Crippen LogP contribution is 2.22. The van der Waals surface area contributed by atoms with E-state index in [4.69, 9.17) is 13.9 Å². The number of amides is 1. The quantitative estimate of drug-likeness (QED) is 0.523. The van der Waals surface area contributed by atoms with Crippen LogP contribution in [-0.2, 0) is 14.3 Å². The van der Waals surface area contributed by atoms with Crippen LogP contribution in [0, 0.1) is 12.8 Å². The second-order valence-corrected chi connectivity index (χ2v) is 7.30. The first-order valence-corrected chi connectivity index (χ1v) is 9.37. The average molecular weight is 389 g/mol. The molecule has 0 saturated carbocycles. The number of hydrogen-bond donors (Lipinski definition) is 1. The molecule has 1 N–H and O–H groups in total. The zero-order chi connectivity index (χ0) is 20.7. The van der Waals surface area contributed by atoms with Gasteiger partial charge in [-0.1, -0.05) is 13.8 Å². The summed E-state index contributed by atoms with van der Waals surface area (Å²) in [7, 11) is 0. The standard InChI is InChI=1S/C21H27NO6/c1-13(2)5-6-15(4)22-19(23)11-27-21(25)12-26-16-7-8-17-14(3)9-20(24)28-18(17)10-16/h7-10,13,15H,5-6,11-12H2,1-4H3,(H,22,23)/t15-/m1/s1. The van der Waals surface area contributed by atoms with E-state index in [0.29, 0.717) is 17.3 Å². The number of fused-ring (bicyclic) bond motifs is 1. The minimum Gasteiger partial charge on any atom is -0.482 e. The molecule has 28 heavy (non-hydrogen) atoms. The lowest BCUT2D eigenvalue weighted by molar-refractivity contribution is -0.150. The molecule has 2 aromatic rings. The van der Waals surface area contributed by atoms with Crippen LogP contribution in [0.4, 0.5) is 0 Å². The zero-order valence-electron chi connectivity index (χ0n) is 16.7. The molecule has 0 unspecified atom stereocenters. The van der Waals surface area contributed by atoms with Gasteiger partial charge in [0.2, 0.25) is 0 Å². The number of rotatable bonds is 9. The molecule has 1 aromatic carbocycles. The van der Waals surface area contributed by atoms with E-state index in [1.807, 2.05) is 13.8 Å². The van der Waals surface area contributed by atoms with Gasteiger partial charge in [-0.3, -0.25) is 4.79 Å². The van der Waals surface area contributed by atoms with Crippen LogP contribution < -0.4 is 15.7 Å². The lowest BCUT2D eigenvalue weighted by Gasteiger charge is -2.15. The zero-order valence-corrected chi connectivity index (χ0v) is 16.7. The van der Waals surface area contributed by atoms with Crippen LogP contribution in [0.2, 0.25) is 0 Å². The van der Waals surface area contributed by atoms with Crippen LogP contribution in [0.5, 0.6) is 5.75 Å². The van der Waals surface area contributed by atoms with Crippen molar-refractivity contribution < 1.29 is 23.5 Å². The van der Waals surface area contributed by atoms with Crippen LogP contribution >= 0.6 is 0 Å². The van der Waals surface area contributed by atoms with Crippen molar-refractivity contribution in [2.75, 3.05) is 13.2 Å². The third kappa shape index (κ3) is 6.72. The van der Waals surface area contributed by atoms with Crippen LogP contribution in [0.3, 0.4) is 0 Å². The summed E-state index contributed by atoms with van der Waals surface area (Å²) < 4.78 is 15.4. The van der Waals surface area contributed by atoms with Crippen molar-refractivity contribution >= 4 is 22.8 Å². The van der Waals surface area contributed by atoms with Gasteiger partial charge in [-0.2, -0.15) is 0 Å². The Kier molecular flexibility index (Phi) is 7.61. The second kappa shape index (κ2) is 9.92. The molecule has 0 aliphatic heterocycles. The number of carbonyl (C=O) groups excluding carboxylic acids is 2. The minimum absolute atomic E-state index is 0.0283. The number of hydrogen-bond acceptors (Lipinski definition) is 6. The van der Waals surface area contributed by atoms with Crippen LogP contribution in [0.25, 0.3) is 11.0 Å². The Labute approximate surface area is 164 Å². The second-order valence-electron chi connectivity index (χ2n) is 7.30. The Bertz CT molecular complexity index is 886. The van der Waals surface area contributed by atoms with Gasteiger partial charge < -0.3 is 19.2 Å². The van der Waals surface area contributed by atoms with Crippen molar-refractivity contribution in [3.05, 3.63) is 40.2 Å². The van der Waals surface area contributed by atoms with Crippen LogP contribution in [0.15, 0.2) is 33.5 Å². The van der Waals surface area contributed by atoms with E-state index in [0.717, 1.165) is 23.8 Å². The van der Waals surface area contributed by atoms with E-state index in [9.17, 15) is 14.4 Å². The van der Waals surface area contributed by atoms with Crippen LogP contribution in [0.1, 0.15) is 39.2 Å². The third-order valence-corrected chi connectivity index (χ3v) is 4.23. The van der Waals surface area contributed by atoms with Gasteiger partial charge >= 0.3 is 11.6 Å². The maximum Gasteiger partial charge on any atom is 0.344 e. The summed E-state index contributed by atoms with van der Waals surface area (Å²) in [5.74, 6) is -0.0605. The molecule has 2 rings (SSSR count). The highest BCUT2D eigenvalue weighted by Gasteiger charge is 2.12. The Morgan fingerprint density at radius 2 is 1.86 bits per heavy atom. The van der Waals surface area contributed by atoms with Crippen molar-refractivity contribution in [3.8, 4) is 5.75 Å². The van der Waals surface area contributed by atoms with Crippen LogP contribution in [-0.4, -0.2) is 31.1 Å². The maximum absolute atomic E-state index is 11.8. The molecule has 1 heterocycles. The fourth-order valence-corrected chi connectivity index (χ4v) is 2.70. The maximum atomic E-state index is 11.8. The molecule has 0 aliphatic rings. The average Bonchev–Trinajstić information content (AvgIpc) is 2.62. The topological polar surface area (TPSA) is 94.8 Å². The Morgan fingerprint density at radius 1 is 1.11 bits per heavy atom. The molecule has 0 fully saturated rings. The fourth-order valence-electron chi connectivity index (χ4n) is 2.70. The monoisotopic (exact) mass is 389 g/mol. The lowest BCUT2D eigenvalue weighted by Crippen LogP contribution is -2.36. The molecular weight excluding hydrogens is 362 g/mol. The normalized spacial score (nSPS) is 12.0. The smallest absolute Gasteiger partial charge is 0.344 e. The first kappa shape index (κ1) is 21.5. The van der Waals surface area contributed by atoms with Gasteiger partial charge in [0.05, 0.1) is 0 Å². The first-order chi connectivity index (χ1) is 13.2. The molecule has 0 bridgehead atoms. The van der Waals surface area contributed by atoms with Gasteiger partial charge in [-0.05, 0) is 50.3 Å². The molecule has 7 nitrogen and oxygen atoms in total. The van der Waals surface area contributed by atoms with Gasteiger partial charge in [0.1, 0.15) is 11.3 Å². The predicted molar refractivity (Wildman–Crippen MR) is 105 cm³/mol. The highest BCUT2D eigenvalue weighted by molar-refractivity contribution is 5.82. The third-order valence-electron chi connectivity index (χ3n) is 4.23. The van der Waals surface area contributed by atoms with E-state index in [-0.39, 0.29) is 25.2 Å². The number of ether oxygens (including phenoxy) is 2. The summed E-state index contributed by atoms with van der Waals surface area (Å²) >= 11 is 0. The van der Waals surface area contributed by atoms with Gasteiger partial charge in [0, 0.05) is 23.6 Å². The number of nitrogens with one attached hydrogen (secondary N) is 1. The molecule has 0 saturated heterocycles. The largest absolute Gasteiger partial charge is 0.482 e. The number of benzene rings is 1. The highest BCUT2D eigenvalue weighted by atomic mass is 16.6. The molecular formula is C21H27NO6. The summed E-state index contributed by atoms with van der Waals surface area (Å²) in [5, 5.41) is 3.59. The van der Waals surface area contributed by atoms with Gasteiger partial charge in [0.25, 0.3) is 5.91 Å². The van der Waals surface area contributed by atoms with Gasteiger partial charge in [0.15, 0.2) is 13.2 Å². The van der Waals surface area contributed by atoms with Crippen molar-refractivity contribution in [1.82, 2.24) is 5.32 Å². The van der Waals surface area contributed by atoms with E-state index in [2.05, 4.69) is 19.2 Å². The molecule has 1 aromatic heterocycles. The fraction of sp³-hybridized carbons (Fsp3) is 0.476. The molecule has 7 heteroatoms. The number of aryl methyl sites for hydroxylation is 1. The molecule has 152 valence electrons. The minimum atomic E-state index is -0.657. The molecule has 0 aliphatic carbocycles. The summed E-state index contributed by atoms with van der Waals surface area (Å²) in [6.07, 6.45) is 1.89. The number of carbonyl (C=O) groups is 2. The van der Waals surface area contributed by atoms with E-state index in [1.165, 1.54) is 6.07 Å². The van der Waals surface area contributed by atoms with Crippen molar-refractivity contribution in [2.24, 2.45) is 5.92 Å². The van der Waals surface area contributed by atoms with Crippen molar-refractivity contribution in [2.45, 2.75) is 46.6 Å². The summed E-state index contributed by atoms with van der Waals surface area (Å²) in [6, 6.07) is 6.40. The van der Waals surface area contributed by atoms with E-state index in [1.54, 1.807) is 18.2 Å². The molecule has 0 radical (unpaired) electrons. The van der Waals surface area contributed by atoms with Crippen molar-refractivity contribution in [3.63, 3.8) is 0 Å². The van der Waals surface area contributed by atoms with Gasteiger partial charge in [-0.15, -0.1) is 0 Å². The first-order valence-electron chi connectivity index (χ1n) is 9.37. The summed E-state index contributed by atoms with van der Waals surface area (Å²) in [4.78, 5) is 35.1. The summed E-state index contributed by atoms with van der Waals surface area (Å²) in [5.41, 5.74) is 0.728. The number of esters is 1. The van der Waals surface area contributed by atoms with Crippen molar-refractivity contribution in [1.29, 1.82) is 0 Å². The molecule has 0 spiro atoms. The Balaban J connectivity index is 1.78. The Morgan fingerprint density at radius 3 is 2.57 bits per heavy atom. The SMILES string of the molecule is Cc1cc(=O)oc2cc(OCC(=O)OCC(=O)N[C@H](C)CCC(C)C)ccc12. The predicted octanol–water partition coefficient (Wildman–Crippen LogP) is 2.96. The van der Waals surface area contributed by atoms with E-state index < -0.39 is 11.6 Å². The molecule has 1 atom stereocenters. The lowest BCUT2D eigenvalue weighted by atomic mass is 10.0. The van der Waals surface area contributed by atoms with Gasteiger partial charge in [-0.25, -0.2) is 9.59 Å². The summed E-state index contributed by atoms with van der Waals surface area (Å²) in [6.45, 7) is 7.29. The van der Waals surface area contributed by atoms with E-state index >= 15 is 0 Å². The molecule has 1 amide bonds. The Hall–Kier alpha value is -2.83.